The van der Waals surface area contributed by atoms with E-state index in [9.17, 15) is 44.3 Å². The maximum atomic E-state index is 13.5. The van der Waals surface area contributed by atoms with E-state index in [0.717, 1.165) is 16.3 Å². The number of halogens is 6. The van der Waals surface area contributed by atoms with E-state index in [4.69, 9.17) is 4.74 Å². The predicted molar refractivity (Wildman–Crippen MR) is 136 cm³/mol. The number of alkyl halides is 6. The van der Waals surface area contributed by atoms with Gasteiger partial charge in [-0.3, -0.25) is 9.59 Å². The maximum absolute atomic E-state index is 13.5. The number of hydrogen-bond donors (Lipinski definition) is 2. The van der Waals surface area contributed by atoms with Gasteiger partial charge in [-0.2, -0.15) is 31.4 Å². The van der Waals surface area contributed by atoms with Crippen molar-refractivity contribution >= 4 is 38.8 Å². The van der Waals surface area contributed by atoms with Crippen LogP contribution in [0.3, 0.4) is 0 Å². The summed E-state index contributed by atoms with van der Waals surface area (Å²) in [5.41, 5.74) is -0.741. The summed E-state index contributed by atoms with van der Waals surface area (Å²) < 4.78 is 106. The fraction of sp³-hybridized carbons (Fsp3) is 0.417. The number of rotatable bonds is 7. The van der Waals surface area contributed by atoms with Crippen molar-refractivity contribution in [3.8, 4) is 5.75 Å². The van der Waals surface area contributed by atoms with E-state index in [2.05, 4.69) is 20.7 Å². The molecule has 2 amide bonds. The van der Waals surface area contributed by atoms with E-state index in [1.807, 2.05) is 0 Å². The lowest BCUT2D eigenvalue weighted by atomic mass is 9.82. The second-order valence-corrected chi connectivity index (χ2v) is 13.1. The van der Waals surface area contributed by atoms with Crippen LogP contribution < -0.4 is 15.4 Å². The minimum Gasteiger partial charge on any atom is -0.484 e. The summed E-state index contributed by atoms with van der Waals surface area (Å²) in [7, 11) is -3.76. The number of aromatic nitrogens is 3. The van der Waals surface area contributed by atoms with Crippen LogP contribution in [0.4, 0.5) is 32.2 Å². The van der Waals surface area contributed by atoms with Crippen LogP contribution in [0.15, 0.2) is 23.6 Å². The number of sulfone groups is 1. The van der Waals surface area contributed by atoms with Crippen LogP contribution in [0.1, 0.15) is 44.3 Å². The van der Waals surface area contributed by atoms with Crippen molar-refractivity contribution in [2.24, 2.45) is 0 Å². The number of amides is 2. The van der Waals surface area contributed by atoms with Gasteiger partial charge in [-0.15, -0.1) is 11.3 Å². The highest BCUT2D eigenvalue weighted by molar-refractivity contribution is 7.91. The van der Waals surface area contributed by atoms with Gasteiger partial charge in [-0.1, -0.05) is 6.07 Å². The van der Waals surface area contributed by atoms with Gasteiger partial charge in [0.05, 0.1) is 17.8 Å². The Morgan fingerprint density at radius 1 is 1.24 bits per heavy atom. The second-order valence-electron chi connectivity index (χ2n) is 10.0. The smallest absolute Gasteiger partial charge is 0.434 e. The molecule has 0 saturated carbocycles. The Morgan fingerprint density at radius 3 is 2.62 bits per heavy atom. The van der Waals surface area contributed by atoms with Gasteiger partial charge in [0, 0.05) is 18.1 Å². The molecular weight excluding hydrogens is 616 g/mol. The van der Waals surface area contributed by atoms with E-state index >= 15 is 0 Å². The van der Waals surface area contributed by atoms with Gasteiger partial charge in [0.1, 0.15) is 27.9 Å². The second kappa shape index (κ2) is 10.3. The van der Waals surface area contributed by atoms with Gasteiger partial charge < -0.3 is 15.4 Å². The highest BCUT2D eigenvalue weighted by Gasteiger charge is 2.47. The number of nitrogens with zero attached hydrogens (tertiary/aromatic N) is 3. The van der Waals surface area contributed by atoms with Crippen LogP contribution in [-0.4, -0.2) is 59.8 Å². The average Bonchev–Trinajstić information content (AvgIpc) is 3.53. The molecule has 226 valence electrons. The molecule has 1 spiro atoms. The highest BCUT2D eigenvalue weighted by Crippen LogP contribution is 2.44. The first-order valence-electron chi connectivity index (χ1n) is 12.2. The van der Waals surface area contributed by atoms with Gasteiger partial charge >= 0.3 is 12.4 Å². The van der Waals surface area contributed by atoms with Crippen LogP contribution in [0.25, 0.3) is 0 Å². The molecule has 0 fully saturated rings. The van der Waals surface area contributed by atoms with Gasteiger partial charge in [0.15, 0.2) is 22.1 Å². The molecule has 0 saturated heterocycles. The molecule has 0 unspecified atom stereocenters. The number of carbonyl (C=O) groups excluding carboxylic acids is 2. The third kappa shape index (κ3) is 6.23. The molecule has 2 aliphatic rings. The van der Waals surface area contributed by atoms with E-state index in [-0.39, 0.29) is 40.8 Å². The maximum Gasteiger partial charge on any atom is 0.434 e. The Morgan fingerprint density at radius 2 is 1.98 bits per heavy atom. The van der Waals surface area contributed by atoms with Crippen molar-refractivity contribution in [2.75, 3.05) is 23.9 Å². The summed E-state index contributed by atoms with van der Waals surface area (Å²) in [6.45, 7) is -1.83. The van der Waals surface area contributed by atoms with Crippen LogP contribution in [0.5, 0.6) is 5.75 Å². The topological polar surface area (TPSA) is 132 Å². The zero-order valence-electron chi connectivity index (χ0n) is 21.5. The molecule has 0 radical (unpaired) electrons. The Labute approximate surface area is 238 Å². The van der Waals surface area contributed by atoms with Crippen molar-refractivity contribution in [3.63, 3.8) is 0 Å². The largest absolute Gasteiger partial charge is 0.484 e. The molecule has 18 heteroatoms. The molecule has 5 rings (SSSR count). The number of ether oxygens (including phenoxy) is 1. The standard InChI is InChI=1S/C24H21F6N5O5S2/c1-42(38,39)10-17(36)32-20-19-15(34-35(20)8-18-31-16(9-41-18)24(28,29)30)7-22(33-21(19)37)5-4-12-6-13(2-3-14(12)22)40-11-23(25,26)27/h2-3,6,9H,4-5,7-8,10-11H2,1H3,(H,32,36)(H,33,37)/t22-/m0/s1. The molecule has 3 aromatic rings. The van der Waals surface area contributed by atoms with Crippen LogP contribution >= 0.6 is 11.3 Å². The lowest BCUT2D eigenvalue weighted by Gasteiger charge is -2.35. The number of thiazole rings is 1. The Kier molecular flexibility index (Phi) is 7.28. The quantitative estimate of drug-likeness (QED) is 0.380. The van der Waals surface area contributed by atoms with E-state index in [0.29, 0.717) is 35.3 Å². The number of aryl methyl sites for hydroxylation is 1. The zero-order valence-corrected chi connectivity index (χ0v) is 23.2. The number of hydrogen-bond acceptors (Lipinski definition) is 8. The summed E-state index contributed by atoms with van der Waals surface area (Å²) in [5.74, 6) is -2.78. The van der Waals surface area contributed by atoms with Crippen molar-refractivity contribution in [1.82, 2.24) is 20.1 Å². The van der Waals surface area contributed by atoms with E-state index < -0.39 is 57.6 Å². The van der Waals surface area contributed by atoms with Gasteiger partial charge in [0.25, 0.3) is 5.91 Å². The summed E-state index contributed by atoms with van der Waals surface area (Å²) >= 11 is 0.688. The van der Waals surface area contributed by atoms with Gasteiger partial charge in [-0.05, 0) is 36.1 Å². The summed E-state index contributed by atoms with van der Waals surface area (Å²) in [4.78, 5) is 29.6. The third-order valence-electron chi connectivity index (χ3n) is 6.67. The van der Waals surface area contributed by atoms with Crippen LogP contribution in [0, 0.1) is 0 Å². The zero-order chi connectivity index (χ0) is 30.7. The summed E-state index contributed by atoms with van der Waals surface area (Å²) in [5, 5.41) is 10.4. The normalized spacial score (nSPS) is 18.5. The molecule has 1 aliphatic carbocycles. The molecule has 2 aromatic heterocycles. The number of nitrogens with one attached hydrogen (secondary N) is 2. The summed E-state index contributed by atoms with van der Waals surface area (Å²) in [6.07, 6.45) is -7.54. The number of carbonyl (C=O) groups is 2. The first-order valence-corrected chi connectivity index (χ1v) is 15.1. The lowest BCUT2D eigenvalue weighted by Crippen LogP contribution is -2.49. The Bertz CT molecular complexity index is 1680. The van der Waals surface area contributed by atoms with E-state index in [1.54, 1.807) is 6.07 Å². The average molecular weight is 638 g/mol. The first kappa shape index (κ1) is 29.8. The minimum atomic E-state index is -4.69. The number of fused-ring (bicyclic) bond motifs is 3. The van der Waals surface area contributed by atoms with Gasteiger partial charge in [-0.25, -0.2) is 18.1 Å². The van der Waals surface area contributed by atoms with Crippen molar-refractivity contribution in [1.29, 1.82) is 0 Å². The molecule has 2 N–H and O–H groups in total. The Hall–Kier alpha value is -3.67. The molecule has 0 bridgehead atoms. The van der Waals surface area contributed by atoms with Crippen molar-refractivity contribution in [2.45, 2.75) is 43.7 Å². The first-order chi connectivity index (χ1) is 19.4. The minimum absolute atomic E-state index is 0.00720. The monoisotopic (exact) mass is 637 g/mol. The molecular formula is C24H21F6N5O5S2. The Balaban J connectivity index is 1.49. The van der Waals surface area contributed by atoms with Crippen LogP contribution in [0.2, 0.25) is 0 Å². The molecule has 3 heterocycles. The number of benzene rings is 1. The highest BCUT2D eigenvalue weighted by atomic mass is 32.2. The fourth-order valence-electron chi connectivity index (χ4n) is 5.07. The third-order valence-corrected chi connectivity index (χ3v) is 8.29. The molecule has 1 aliphatic heterocycles. The molecule has 10 nitrogen and oxygen atoms in total. The molecule has 1 atom stereocenters. The summed E-state index contributed by atoms with van der Waals surface area (Å²) in [6, 6.07) is 4.38. The SMILES string of the molecule is CS(=O)(=O)CC(=O)Nc1c2c(nn1Cc1nc(C(F)(F)F)cs1)C[C@]1(CCc3cc(OCC(F)(F)F)ccc31)NC2=O. The lowest BCUT2D eigenvalue weighted by molar-refractivity contribution is -0.153. The van der Waals surface area contributed by atoms with Crippen molar-refractivity contribution < 1.29 is 49.1 Å². The van der Waals surface area contributed by atoms with Crippen molar-refractivity contribution in [3.05, 3.63) is 56.7 Å². The van der Waals surface area contributed by atoms with Crippen LogP contribution in [-0.2, 0) is 45.7 Å². The molecule has 42 heavy (non-hydrogen) atoms. The van der Waals surface area contributed by atoms with Gasteiger partial charge in [0.2, 0.25) is 5.91 Å². The predicted octanol–water partition coefficient (Wildman–Crippen LogP) is 3.46. The molecule has 1 aromatic carbocycles. The number of anilines is 1. The fourth-order valence-corrected chi connectivity index (χ4v) is 6.40. The van der Waals surface area contributed by atoms with E-state index in [1.165, 1.54) is 12.1 Å².